The average molecular weight is 247 g/mol. The van der Waals surface area contributed by atoms with Crippen molar-refractivity contribution in [2.75, 3.05) is 13.1 Å². The van der Waals surface area contributed by atoms with Crippen LogP contribution in [0.25, 0.3) is 0 Å². The van der Waals surface area contributed by atoms with E-state index in [2.05, 4.69) is 18.7 Å². The van der Waals surface area contributed by atoms with Crippen LogP contribution in [0.3, 0.4) is 0 Å². The molecule has 1 unspecified atom stereocenters. The van der Waals surface area contributed by atoms with Crippen LogP contribution in [0.5, 0.6) is 0 Å². The lowest BCUT2D eigenvalue weighted by molar-refractivity contribution is -0.139. The average Bonchev–Trinajstić information content (AvgIpc) is 2.35. The fourth-order valence-corrected chi connectivity index (χ4v) is 2.50. The van der Waals surface area contributed by atoms with Gasteiger partial charge in [-0.25, -0.2) is 0 Å². The highest BCUT2D eigenvalue weighted by molar-refractivity contribution is 5.77. The monoisotopic (exact) mass is 247 g/mol. The van der Waals surface area contributed by atoms with Gasteiger partial charge in [-0.3, -0.25) is 9.69 Å². The predicted molar refractivity (Wildman–Crippen MR) is 71.6 cm³/mol. The third-order valence-electron chi connectivity index (χ3n) is 3.59. The summed E-state index contributed by atoms with van der Waals surface area (Å²) < 4.78 is 0. The second-order valence-corrected chi connectivity index (χ2v) is 5.51. The van der Waals surface area contributed by atoms with Gasteiger partial charge in [0, 0.05) is 13.1 Å². The molecular formula is C15H21NO2. The molecule has 0 saturated heterocycles. The number of hydrogen-bond donors (Lipinski definition) is 1. The van der Waals surface area contributed by atoms with Gasteiger partial charge in [0.25, 0.3) is 0 Å². The fraction of sp³-hybridized carbons (Fsp3) is 0.533. The van der Waals surface area contributed by atoms with Crippen molar-refractivity contribution in [2.24, 2.45) is 5.92 Å². The maximum Gasteiger partial charge on any atom is 0.312 e. The number of benzene rings is 1. The lowest BCUT2D eigenvalue weighted by atomic mass is 9.89. The van der Waals surface area contributed by atoms with E-state index in [0.29, 0.717) is 12.5 Å². The largest absolute Gasteiger partial charge is 0.481 e. The molecule has 0 aliphatic carbocycles. The fourth-order valence-electron chi connectivity index (χ4n) is 2.50. The van der Waals surface area contributed by atoms with Gasteiger partial charge < -0.3 is 5.11 Å². The van der Waals surface area contributed by atoms with E-state index in [9.17, 15) is 9.90 Å². The lowest BCUT2D eigenvalue weighted by Crippen LogP contribution is -2.37. The van der Waals surface area contributed by atoms with E-state index in [1.807, 2.05) is 24.3 Å². The quantitative estimate of drug-likeness (QED) is 0.889. The normalized spacial score (nSPS) is 19.8. The Morgan fingerprint density at radius 3 is 2.83 bits per heavy atom. The van der Waals surface area contributed by atoms with Gasteiger partial charge in [0.05, 0.1) is 5.92 Å². The molecule has 3 nitrogen and oxygen atoms in total. The standard InChI is InChI=1S/C15H21NO2/c1-11(2)7-8-16-9-12-5-3-4-6-13(12)14(10-16)15(17)18/h3-6,11,14H,7-10H2,1-2H3,(H,17,18). The number of rotatable bonds is 4. The van der Waals surface area contributed by atoms with Crippen LogP contribution in [0.4, 0.5) is 0 Å². The highest BCUT2D eigenvalue weighted by Crippen LogP contribution is 2.28. The van der Waals surface area contributed by atoms with Crippen LogP contribution in [0.2, 0.25) is 0 Å². The van der Waals surface area contributed by atoms with Crippen molar-refractivity contribution in [1.82, 2.24) is 4.90 Å². The summed E-state index contributed by atoms with van der Waals surface area (Å²) in [5.74, 6) is -0.427. The van der Waals surface area contributed by atoms with Crippen molar-refractivity contribution in [2.45, 2.75) is 32.7 Å². The Hall–Kier alpha value is -1.35. The topological polar surface area (TPSA) is 40.5 Å². The molecule has 0 saturated carbocycles. The van der Waals surface area contributed by atoms with Gasteiger partial charge in [-0.2, -0.15) is 0 Å². The smallest absolute Gasteiger partial charge is 0.312 e. The number of fused-ring (bicyclic) bond motifs is 1. The molecule has 1 atom stereocenters. The number of carbonyl (C=O) groups is 1. The highest BCUT2D eigenvalue weighted by Gasteiger charge is 2.29. The van der Waals surface area contributed by atoms with Crippen LogP contribution in [0.15, 0.2) is 24.3 Å². The summed E-state index contributed by atoms with van der Waals surface area (Å²) in [4.78, 5) is 13.6. The minimum Gasteiger partial charge on any atom is -0.481 e. The van der Waals surface area contributed by atoms with Crippen LogP contribution in [-0.2, 0) is 11.3 Å². The maximum atomic E-state index is 11.4. The predicted octanol–water partition coefficient (Wildman–Crippen LogP) is 2.72. The van der Waals surface area contributed by atoms with Gasteiger partial charge in [0.2, 0.25) is 0 Å². The van der Waals surface area contributed by atoms with E-state index in [0.717, 1.165) is 25.1 Å². The maximum absolute atomic E-state index is 11.4. The second kappa shape index (κ2) is 5.53. The molecule has 0 amide bonds. The van der Waals surface area contributed by atoms with Gasteiger partial charge in [-0.1, -0.05) is 38.1 Å². The third-order valence-corrected chi connectivity index (χ3v) is 3.59. The zero-order valence-corrected chi connectivity index (χ0v) is 11.1. The first-order valence-corrected chi connectivity index (χ1v) is 6.61. The Kier molecular flexibility index (Phi) is 4.02. The molecule has 3 heteroatoms. The SMILES string of the molecule is CC(C)CCN1Cc2ccccc2C(C(=O)O)C1. The van der Waals surface area contributed by atoms with Crippen LogP contribution in [0.1, 0.15) is 37.3 Å². The van der Waals surface area contributed by atoms with E-state index in [1.165, 1.54) is 5.56 Å². The summed E-state index contributed by atoms with van der Waals surface area (Å²) in [6.45, 7) is 6.90. The second-order valence-electron chi connectivity index (χ2n) is 5.51. The summed E-state index contributed by atoms with van der Waals surface area (Å²) >= 11 is 0. The Morgan fingerprint density at radius 2 is 2.17 bits per heavy atom. The first kappa shape index (κ1) is 13.1. The molecule has 18 heavy (non-hydrogen) atoms. The van der Waals surface area contributed by atoms with Gasteiger partial charge in [0.1, 0.15) is 0 Å². The van der Waals surface area contributed by atoms with Crippen molar-refractivity contribution >= 4 is 5.97 Å². The zero-order chi connectivity index (χ0) is 13.1. The van der Waals surface area contributed by atoms with E-state index in [1.54, 1.807) is 0 Å². The Balaban J connectivity index is 2.15. The van der Waals surface area contributed by atoms with Crippen LogP contribution >= 0.6 is 0 Å². The molecule has 1 aromatic rings. The van der Waals surface area contributed by atoms with Crippen LogP contribution in [0, 0.1) is 5.92 Å². The van der Waals surface area contributed by atoms with E-state index in [4.69, 9.17) is 0 Å². The summed E-state index contributed by atoms with van der Waals surface area (Å²) in [7, 11) is 0. The molecule has 1 aliphatic rings. The van der Waals surface area contributed by atoms with E-state index >= 15 is 0 Å². The van der Waals surface area contributed by atoms with E-state index < -0.39 is 5.97 Å². The Bertz CT molecular complexity index is 428. The van der Waals surface area contributed by atoms with Crippen molar-refractivity contribution < 1.29 is 9.90 Å². The van der Waals surface area contributed by atoms with E-state index in [-0.39, 0.29) is 5.92 Å². The molecule has 2 rings (SSSR count). The molecule has 0 radical (unpaired) electrons. The van der Waals surface area contributed by atoms with Crippen molar-refractivity contribution in [3.8, 4) is 0 Å². The summed E-state index contributed by atoms with van der Waals surface area (Å²) in [6, 6.07) is 7.92. The first-order valence-electron chi connectivity index (χ1n) is 6.61. The molecule has 0 aromatic heterocycles. The van der Waals surface area contributed by atoms with Gasteiger partial charge >= 0.3 is 5.97 Å². The number of hydrogen-bond acceptors (Lipinski definition) is 2. The number of carboxylic acid groups (broad SMARTS) is 1. The molecule has 1 aromatic carbocycles. The molecule has 0 bridgehead atoms. The molecular weight excluding hydrogens is 226 g/mol. The van der Waals surface area contributed by atoms with Gasteiger partial charge in [-0.15, -0.1) is 0 Å². The lowest BCUT2D eigenvalue weighted by Gasteiger charge is -2.33. The molecule has 1 heterocycles. The Morgan fingerprint density at radius 1 is 1.44 bits per heavy atom. The summed E-state index contributed by atoms with van der Waals surface area (Å²) in [6.07, 6.45) is 1.12. The van der Waals surface area contributed by atoms with Crippen LogP contribution < -0.4 is 0 Å². The molecule has 1 N–H and O–H groups in total. The highest BCUT2D eigenvalue weighted by atomic mass is 16.4. The summed E-state index contributed by atoms with van der Waals surface area (Å²) in [5, 5.41) is 9.35. The zero-order valence-electron chi connectivity index (χ0n) is 11.1. The number of aliphatic carboxylic acids is 1. The minimum atomic E-state index is -0.711. The minimum absolute atomic E-state index is 0.373. The van der Waals surface area contributed by atoms with Crippen LogP contribution in [-0.4, -0.2) is 29.1 Å². The first-order chi connectivity index (χ1) is 8.58. The molecule has 0 spiro atoms. The van der Waals surface area contributed by atoms with Gasteiger partial charge in [0.15, 0.2) is 0 Å². The Labute approximate surface area is 108 Å². The van der Waals surface area contributed by atoms with Crippen molar-refractivity contribution in [3.63, 3.8) is 0 Å². The van der Waals surface area contributed by atoms with Crippen molar-refractivity contribution in [1.29, 1.82) is 0 Å². The third kappa shape index (κ3) is 2.91. The van der Waals surface area contributed by atoms with Gasteiger partial charge in [-0.05, 0) is 30.0 Å². The molecule has 1 aliphatic heterocycles. The molecule has 98 valence electrons. The van der Waals surface area contributed by atoms with Crippen molar-refractivity contribution in [3.05, 3.63) is 35.4 Å². The summed E-state index contributed by atoms with van der Waals surface area (Å²) in [5.41, 5.74) is 2.16. The number of carboxylic acids is 1. The molecule has 0 fully saturated rings. The number of nitrogens with zero attached hydrogens (tertiary/aromatic N) is 1.